The number of amides is 2. The van der Waals surface area contributed by atoms with E-state index >= 15 is 8.78 Å². The first-order chi connectivity index (χ1) is 21.3. The zero-order chi connectivity index (χ0) is 32.3. The SMILES string of the molecule is CC[C@@H]1[C@@H]2CN(C(=O)[C@H](C(C)(C)C)NC(=O)O[C@@H]3CC4CC4[C@H]3CCCCC(F)(F)c3nc4ccc(Cl)cc4nc3O2)[C@@H]1C=O. The van der Waals surface area contributed by atoms with E-state index in [1.54, 1.807) is 12.1 Å². The first kappa shape index (κ1) is 31.9. The number of benzene rings is 1. The number of rotatable bonds is 2. The molecule has 45 heavy (non-hydrogen) atoms. The highest BCUT2D eigenvalue weighted by atomic mass is 35.5. The van der Waals surface area contributed by atoms with Crippen molar-refractivity contribution in [2.24, 2.45) is 29.1 Å². The Hall–Kier alpha value is -3.08. The number of carbonyl (C=O) groups excluding carboxylic acids is 3. The number of nitrogens with zero attached hydrogens (tertiary/aromatic N) is 3. The van der Waals surface area contributed by atoms with Crippen LogP contribution in [0.4, 0.5) is 13.6 Å². The van der Waals surface area contributed by atoms with E-state index in [4.69, 9.17) is 21.1 Å². The zero-order valence-corrected chi connectivity index (χ0v) is 26.9. The first-order valence-corrected chi connectivity index (χ1v) is 16.4. The minimum Gasteiger partial charge on any atom is -0.471 e. The summed E-state index contributed by atoms with van der Waals surface area (Å²) in [7, 11) is 0. The van der Waals surface area contributed by atoms with Crippen LogP contribution in [-0.2, 0) is 20.2 Å². The number of nitrogens with one attached hydrogen (secondary N) is 1. The van der Waals surface area contributed by atoms with Crippen molar-refractivity contribution in [3.05, 3.63) is 28.9 Å². The van der Waals surface area contributed by atoms with Gasteiger partial charge in [-0.2, -0.15) is 8.78 Å². The van der Waals surface area contributed by atoms with E-state index in [2.05, 4.69) is 15.3 Å². The molecule has 2 aliphatic carbocycles. The van der Waals surface area contributed by atoms with Gasteiger partial charge in [0.2, 0.25) is 11.8 Å². The van der Waals surface area contributed by atoms with E-state index in [1.165, 1.54) is 11.0 Å². The second kappa shape index (κ2) is 11.9. The van der Waals surface area contributed by atoms with Crippen molar-refractivity contribution in [2.45, 2.75) is 103 Å². The van der Waals surface area contributed by atoms with Crippen LogP contribution < -0.4 is 10.1 Å². The minimum absolute atomic E-state index is 0.0572. The van der Waals surface area contributed by atoms with E-state index in [0.29, 0.717) is 47.9 Å². The summed E-state index contributed by atoms with van der Waals surface area (Å²) < 4.78 is 44.3. The van der Waals surface area contributed by atoms with Crippen LogP contribution in [0.5, 0.6) is 5.88 Å². The Bertz CT molecular complexity index is 1490. The maximum Gasteiger partial charge on any atom is 0.408 e. The molecular weight excluding hydrogens is 606 g/mol. The fourth-order valence-electron chi connectivity index (χ4n) is 7.72. The highest BCUT2D eigenvalue weighted by Gasteiger charge is 2.55. The smallest absolute Gasteiger partial charge is 0.408 e. The van der Waals surface area contributed by atoms with Gasteiger partial charge in [-0.25, -0.2) is 14.8 Å². The van der Waals surface area contributed by atoms with Crippen molar-refractivity contribution in [3.8, 4) is 5.88 Å². The highest BCUT2D eigenvalue weighted by molar-refractivity contribution is 6.31. The Balaban J connectivity index is 1.41. The number of aldehydes is 1. The fourth-order valence-corrected chi connectivity index (χ4v) is 7.88. The molecule has 9 nitrogen and oxygen atoms in total. The predicted molar refractivity (Wildman–Crippen MR) is 163 cm³/mol. The third-order valence-corrected chi connectivity index (χ3v) is 10.4. The van der Waals surface area contributed by atoms with Crippen LogP contribution in [0.3, 0.4) is 0 Å². The molecule has 0 spiro atoms. The Morgan fingerprint density at radius 2 is 1.87 bits per heavy atom. The molecule has 3 fully saturated rings. The molecule has 2 bridgehead atoms. The third kappa shape index (κ3) is 6.21. The molecule has 4 aliphatic rings. The maximum absolute atomic E-state index is 16.0. The van der Waals surface area contributed by atoms with E-state index in [0.717, 1.165) is 12.8 Å². The Morgan fingerprint density at radius 3 is 2.58 bits per heavy atom. The molecule has 0 radical (unpaired) electrons. The van der Waals surface area contributed by atoms with E-state index in [1.807, 2.05) is 27.7 Å². The van der Waals surface area contributed by atoms with Crippen LogP contribution in [0.25, 0.3) is 11.0 Å². The largest absolute Gasteiger partial charge is 0.471 e. The molecule has 3 heterocycles. The number of hydrogen-bond donors (Lipinski definition) is 1. The zero-order valence-electron chi connectivity index (χ0n) is 26.1. The fraction of sp³-hybridized carbons (Fsp3) is 0.667. The lowest BCUT2D eigenvalue weighted by molar-refractivity contribution is -0.139. The molecule has 244 valence electrons. The molecular formula is C33H41ClF2N4O5. The number of alkyl carbamates (subject to hydrolysis) is 1. The van der Waals surface area contributed by atoms with Gasteiger partial charge in [-0.15, -0.1) is 0 Å². The topological polar surface area (TPSA) is 111 Å². The summed E-state index contributed by atoms with van der Waals surface area (Å²) >= 11 is 6.19. The molecule has 12 heteroatoms. The molecule has 2 unspecified atom stereocenters. The molecule has 8 atom stereocenters. The van der Waals surface area contributed by atoms with Gasteiger partial charge in [0.25, 0.3) is 5.92 Å². The van der Waals surface area contributed by atoms with Gasteiger partial charge in [-0.3, -0.25) is 4.79 Å². The predicted octanol–water partition coefficient (Wildman–Crippen LogP) is 6.30. The lowest BCUT2D eigenvalue weighted by Crippen LogP contribution is -2.56. The summed E-state index contributed by atoms with van der Waals surface area (Å²) in [6, 6.07) is 2.76. The highest BCUT2D eigenvalue weighted by Crippen LogP contribution is 2.58. The molecule has 2 aromatic rings. The summed E-state index contributed by atoms with van der Waals surface area (Å²) in [5.41, 5.74) is -0.726. The van der Waals surface area contributed by atoms with Gasteiger partial charge >= 0.3 is 6.09 Å². The van der Waals surface area contributed by atoms with E-state index in [9.17, 15) is 14.4 Å². The Labute approximate surface area is 266 Å². The molecule has 2 amide bonds. The van der Waals surface area contributed by atoms with Gasteiger partial charge in [0.1, 0.15) is 24.5 Å². The molecule has 1 saturated heterocycles. The van der Waals surface area contributed by atoms with Gasteiger partial charge in [0.15, 0.2) is 5.69 Å². The monoisotopic (exact) mass is 646 g/mol. The van der Waals surface area contributed by atoms with Crippen LogP contribution in [-0.4, -0.2) is 64.0 Å². The third-order valence-electron chi connectivity index (χ3n) is 10.2. The lowest BCUT2D eigenvalue weighted by Gasteiger charge is -2.35. The number of alkyl halides is 2. The van der Waals surface area contributed by atoms with E-state index in [-0.39, 0.29) is 36.4 Å². The normalized spacial score (nSPS) is 33.5. The van der Waals surface area contributed by atoms with Crippen LogP contribution in [0, 0.1) is 29.1 Å². The van der Waals surface area contributed by atoms with Gasteiger partial charge in [0.05, 0.1) is 23.6 Å². The van der Waals surface area contributed by atoms with Crippen molar-refractivity contribution < 1.29 is 32.6 Å². The second-order valence-electron chi connectivity index (χ2n) is 14.3. The van der Waals surface area contributed by atoms with Crippen LogP contribution in [0.15, 0.2) is 18.2 Å². The van der Waals surface area contributed by atoms with Crippen LogP contribution >= 0.6 is 11.6 Å². The average Bonchev–Trinajstić information content (AvgIpc) is 3.52. The van der Waals surface area contributed by atoms with Gasteiger partial charge in [-0.05, 0) is 73.5 Å². The van der Waals surface area contributed by atoms with Crippen molar-refractivity contribution in [2.75, 3.05) is 6.54 Å². The molecule has 2 aliphatic heterocycles. The summed E-state index contributed by atoms with van der Waals surface area (Å²) in [5.74, 6) is -3.67. The Morgan fingerprint density at radius 1 is 1.09 bits per heavy atom. The molecule has 1 N–H and O–H groups in total. The Kier molecular flexibility index (Phi) is 8.46. The summed E-state index contributed by atoms with van der Waals surface area (Å²) in [6.45, 7) is 7.28. The summed E-state index contributed by atoms with van der Waals surface area (Å²) in [4.78, 5) is 50.1. The standard InChI is InChI=1S/C33H41ClF2N4O5/c1-5-19-24(16-41)40-15-26(19)44-29-27(37-22-10-9-18(34)14-23(22)38-29)33(35,36)11-7-6-8-20-21-12-17(21)13-25(20)45-31(43)39-28(30(40)42)32(2,3)4/h9-10,14,16-17,19-21,24-26,28H,5-8,11-13,15H2,1-4H3,(H,39,43)/t17?,19-,20+,21?,24+,25+,26-,28+/m0/s1. The molecule has 1 aromatic carbocycles. The molecule has 1 aromatic heterocycles. The van der Waals surface area contributed by atoms with Gasteiger partial charge in [0, 0.05) is 17.4 Å². The van der Waals surface area contributed by atoms with Crippen molar-refractivity contribution in [1.82, 2.24) is 20.2 Å². The van der Waals surface area contributed by atoms with Crippen molar-refractivity contribution in [1.29, 1.82) is 0 Å². The second-order valence-corrected chi connectivity index (χ2v) is 14.7. The number of carbonyl (C=O) groups is 3. The van der Waals surface area contributed by atoms with Crippen molar-refractivity contribution in [3.63, 3.8) is 0 Å². The number of hydrogen-bond acceptors (Lipinski definition) is 7. The first-order valence-electron chi connectivity index (χ1n) is 16.1. The van der Waals surface area contributed by atoms with Gasteiger partial charge in [-0.1, -0.05) is 45.7 Å². The number of halogens is 3. The lowest BCUT2D eigenvalue weighted by atomic mass is 9.85. The average molecular weight is 647 g/mol. The van der Waals surface area contributed by atoms with E-state index < -0.39 is 59.6 Å². The van der Waals surface area contributed by atoms with Crippen LogP contribution in [0.1, 0.15) is 78.3 Å². The molecule has 2 saturated carbocycles. The maximum atomic E-state index is 16.0. The number of fused-ring (bicyclic) bond motifs is 7. The minimum atomic E-state index is -3.35. The summed E-state index contributed by atoms with van der Waals surface area (Å²) in [6.07, 6.45) is 2.07. The van der Waals surface area contributed by atoms with Crippen molar-refractivity contribution >= 4 is 40.9 Å². The summed E-state index contributed by atoms with van der Waals surface area (Å²) in [5, 5.41) is 3.19. The molecule has 6 rings (SSSR count). The quantitative estimate of drug-likeness (QED) is 0.382. The van der Waals surface area contributed by atoms with Gasteiger partial charge < -0.3 is 24.5 Å². The number of ether oxygens (including phenoxy) is 2. The number of aromatic nitrogens is 2. The van der Waals surface area contributed by atoms with Crippen LogP contribution in [0.2, 0.25) is 5.02 Å².